The van der Waals surface area contributed by atoms with Crippen LogP contribution in [0.4, 0.5) is 0 Å². The molecule has 1 aliphatic carbocycles. The van der Waals surface area contributed by atoms with Crippen LogP contribution in [0.15, 0.2) is 28.7 Å². The van der Waals surface area contributed by atoms with Gasteiger partial charge in [0.15, 0.2) is 0 Å². The average Bonchev–Trinajstić information content (AvgIpc) is 2.41. The third-order valence-corrected chi connectivity index (χ3v) is 4.56. The predicted octanol–water partition coefficient (Wildman–Crippen LogP) is 3.52. The van der Waals surface area contributed by atoms with Gasteiger partial charge in [-0.3, -0.25) is 0 Å². The van der Waals surface area contributed by atoms with Crippen LogP contribution >= 0.6 is 15.9 Å². The fourth-order valence-corrected chi connectivity index (χ4v) is 3.03. The zero-order valence-electron chi connectivity index (χ0n) is 11.6. The minimum Gasteiger partial charge on any atom is -0.393 e. The highest BCUT2D eigenvalue weighted by Gasteiger charge is 2.19. The van der Waals surface area contributed by atoms with E-state index in [1.807, 2.05) is 0 Å². The van der Waals surface area contributed by atoms with E-state index in [0.29, 0.717) is 6.04 Å². The fraction of sp³-hybridized carbons (Fsp3) is 0.625. The van der Waals surface area contributed by atoms with Crippen LogP contribution in [0.5, 0.6) is 0 Å². The van der Waals surface area contributed by atoms with Crippen LogP contribution in [-0.2, 0) is 6.42 Å². The largest absolute Gasteiger partial charge is 0.393 e. The molecule has 19 heavy (non-hydrogen) atoms. The lowest BCUT2D eigenvalue weighted by Gasteiger charge is -2.27. The van der Waals surface area contributed by atoms with Crippen molar-refractivity contribution >= 4 is 15.9 Å². The van der Waals surface area contributed by atoms with E-state index in [0.717, 1.165) is 36.2 Å². The van der Waals surface area contributed by atoms with Gasteiger partial charge in [-0.05, 0) is 69.2 Å². The predicted molar refractivity (Wildman–Crippen MR) is 83.3 cm³/mol. The second kappa shape index (κ2) is 7.41. The second-order valence-electron chi connectivity index (χ2n) is 5.81. The van der Waals surface area contributed by atoms with E-state index >= 15 is 0 Å². The van der Waals surface area contributed by atoms with Crippen LogP contribution in [0.3, 0.4) is 0 Å². The first-order valence-corrected chi connectivity index (χ1v) is 8.08. The Morgan fingerprint density at radius 1 is 1.21 bits per heavy atom. The molecule has 106 valence electrons. The minimum atomic E-state index is -0.0450. The van der Waals surface area contributed by atoms with Gasteiger partial charge in [-0.25, -0.2) is 0 Å². The van der Waals surface area contributed by atoms with Crippen molar-refractivity contribution in [1.29, 1.82) is 0 Å². The molecule has 1 aliphatic rings. The Kier molecular flexibility index (Phi) is 5.86. The van der Waals surface area contributed by atoms with Gasteiger partial charge in [0.25, 0.3) is 0 Å². The Balaban J connectivity index is 1.69. The molecule has 0 aliphatic heterocycles. The molecular weight excluding hydrogens is 302 g/mol. The first-order chi connectivity index (χ1) is 9.13. The topological polar surface area (TPSA) is 32.3 Å². The summed E-state index contributed by atoms with van der Waals surface area (Å²) in [4.78, 5) is 0. The smallest absolute Gasteiger partial charge is 0.0540 e. The van der Waals surface area contributed by atoms with E-state index in [9.17, 15) is 5.11 Å². The molecule has 2 N–H and O–H groups in total. The van der Waals surface area contributed by atoms with Crippen molar-refractivity contribution < 1.29 is 5.11 Å². The van der Waals surface area contributed by atoms with Crippen molar-refractivity contribution in [3.8, 4) is 0 Å². The molecular formula is C16H24BrNO. The molecule has 2 rings (SSSR count). The lowest BCUT2D eigenvalue weighted by Crippen LogP contribution is -2.34. The van der Waals surface area contributed by atoms with Gasteiger partial charge in [-0.15, -0.1) is 0 Å². The molecule has 1 unspecified atom stereocenters. The number of hydrogen-bond donors (Lipinski definition) is 2. The Morgan fingerprint density at radius 3 is 2.47 bits per heavy atom. The van der Waals surface area contributed by atoms with Gasteiger partial charge < -0.3 is 10.4 Å². The molecule has 0 amide bonds. The van der Waals surface area contributed by atoms with E-state index < -0.39 is 0 Å². The summed E-state index contributed by atoms with van der Waals surface area (Å²) in [5.74, 6) is 0.746. The fourth-order valence-electron chi connectivity index (χ4n) is 2.76. The highest BCUT2D eigenvalue weighted by atomic mass is 79.9. The SMILES string of the molecule is CC(Cc1ccc(Br)cc1)NCC1CCC(O)CC1. The molecule has 1 saturated carbocycles. The van der Waals surface area contributed by atoms with Crippen molar-refractivity contribution in [2.75, 3.05) is 6.54 Å². The zero-order valence-corrected chi connectivity index (χ0v) is 13.2. The Morgan fingerprint density at radius 2 is 1.84 bits per heavy atom. The van der Waals surface area contributed by atoms with Crippen LogP contribution in [0.2, 0.25) is 0 Å². The van der Waals surface area contributed by atoms with Crippen LogP contribution in [0.25, 0.3) is 0 Å². The Bertz CT molecular complexity index is 371. The van der Waals surface area contributed by atoms with E-state index in [1.165, 1.54) is 18.4 Å². The molecule has 0 spiro atoms. The summed E-state index contributed by atoms with van der Waals surface area (Å²) in [6, 6.07) is 9.07. The van der Waals surface area contributed by atoms with Crippen LogP contribution in [0.1, 0.15) is 38.2 Å². The van der Waals surface area contributed by atoms with E-state index in [2.05, 4.69) is 52.4 Å². The van der Waals surface area contributed by atoms with E-state index in [-0.39, 0.29) is 6.10 Å². The first-order valence-electron chi connectivity index (χ1n) is 7.29. The summed E-state index contributed by atoms with van der Waals surface area (Å²) in [6.45, 7) is 3.34. The summed E-state index contributed by atoms with van der Waals surface area (Å²) >= 11 is 3.46. The molecule has 1 aromatic carbocycles. The van der Waals surface area contributed by atoms with Crippen molar-refractivity contribution in [2.24, 2.45) is 5.92 Å². The number of halogens is 1. The maximum Gasteiger partial charge on any atom is 0.0540 e. The lowest BCUT2D eigenvalue weighted by molar-refractivity contribution is 0.108. The highest BCUT2D eigenvalue weighted by molar-refractivity contribution is 9.10. The zero-order chi connectivity index (χ0) is 13.7. The molecule has 1 fully saturated rings. The number of nitrogens with one attached hydrogen (secondary N) is 1. The number of aliphatic hydroxyl groups excluding tert-OH is 1. The van der Waals surface area contributed by atoms with Gasteiger partial charge in [0.2, 0.25) is 0 Å². The summed E-state index contributed by atoms with van der Waals surface area (Å²) in [7, 11) is 0. The first kappa shape index (κ1) is 15.0. The lowest BCUT2D eigenvalue weighted by atomic mass is 9.87. The van der Waals surface area contributed by atoms with Crippen molar-refractivity contribution in [3.05, 3.63) is 34.3 Å². The maximum absolute atomic E-state index is 9.50. The molecule has 1 aromatic rings. The van der Waals surface area contributed by atoms with Gasteiger partial charge >= 0.3 is 0 Å². The van der Waals surface area contributed by atoms with Gasteiger partial charge in [-0.1, -0.05) is 28.1 Å². The molecule has 0 bridgehead atoms. The number of hydrogen-bond acceptors (Lipinski definition) is 2. The average molecular weight is 326 g/mol. The van der Waals surface area contributed by atoms with Crippen LogP contribution in [0, 0.1) is 5.92 Å². The van der Waals surface area contributed by atoms with Crippen molar-refractivity contribution in [1.82, 2.24) is 5.32 Å². The van der Waals surface area contributed by atoms with Gasteiger partial charge in [0, 0.05) is 10.5 Å². The summed E-state index contributed by atoms with van der Waals surface area (Å²) in [6.07, 6.45) is 5.32. The monoisotopic (exact) mass is 325 g/mol. The van der Waals surface area contributed by atoms with Gasteiger partial charge in [-0.2, -0.15) is 0 Å². The molecule has 0 heterocycles. The molecule has 0 aromatic heterocycles. The Labute approximate surface area is 124 Å². The number of rotatable bonds is 5. The summed E-state index contributed by atoms with van der Waals surface area (Å²) < 4.78 is 1.14. The van der Waals surface area contributed by atoms with Crippen molar-refractivity contribution in [3.63, 3.8) is 0 Å². The van der Waals surface area contributed by atoms with E-state index in [1.54, 1.807) is 0 Å². The van der Waals surface area contributed by atoms with Crippen molar-refractivity contribution in [2.45, 2.75) is 51.2 Å². The Hall–Kier alpha value is -0.380. The van der Waals surface area contributed by atoms with Crippen LogP contribution < -0.4 is 5.32 Å². The summed E-state index contributed by atoms with van der Waals surface area (Å²) in [5.41, 5.74) is 1.38. The third-order valence-electron chi connectivity index (χ3n) is 4.03. The molecule has 3 heteroatoms. The number of benzene rings is 1. The highest BCUT2D eigenvalue weighted by Crippen LogP contribution is 2.23. The van der Waals surface area contributed by atoms with Crippen LogP contribution in [-0.4, -0.2) is 23.8 Å². The normalized spacial score (nSPS) is 25.2. The molecule has 1 atom stereocenters. The van der Waals surface area contributed by atoms with Gasteiger partial charge in [0.1, 0.15) is 0 Å². The van der Waals surface area contributed by atoms with Gasteiger partial charge in [0.05, 0.1) is 6.10 Å². The van der Waals surface area contributed by atoms with E-state index in [4.69, 9.17) is 0 Å². The number of aliphatic hydroxyl groups is 1. The minimum absolute atomic E-state index is 0.0450. The maximum atomic E-state index is 9.50. The quantitative estimate of drug-likeness (QED) is 0.868. The molecule has 0 saturated heterocycles. The standard InChI is InChI=1S/C16H24BrNO/c1-12(10-13-2-6-15(17)7-3-13)18-11-14-4-8-16(19)9-5-14/h2-3,6-7,12,14,16,18-19H,4-5,8-11H2,1H3. The third kappa shape index (κ3) is 5.25. The second-order valence-corrected chi connectivity index (χ2v) is 6.73. The molecule has 2 nitrogen and oxygen atoms in total. The molecule has 0 radical (unpaired) electrons. The summed E-state index contributed by atoms with van der Waals surface area (Å²) in [5, 5.41) is 13.1.